The third-order valence-electron chi connectivity index (χ3n) is 4.00. The molecule has 0 spiro atoms. The van der Waals surface area contributed by atoms with Crippen LogP contribution in [0.2, 0.25) is 0 Å². The number of benzene rings is 1. The Morgan fingerprint density at radius 1 is 0.838 bits per heavy atom. The number of ether oxygens (including phenoxy) is 2. The van der Waals surface area contributed by atoms with Crippen molar-refractivity contribution in [2.24, 2.45) is 0 Å². The van der Waals surface area contributed by atoms with E-state index >= 15 is 0 Å². The van der Waals surface area contributed by atoms with Gasteiger partial charge in [-0.2, -0.15) is 0 Å². The predicted octanol–water partition coefficient (Wildman–Crippen LogP) is 6.75. The summed E-state index contributed by atoms with van der Waals surface area (Å²) in [6.45, 7) is 18.5. The Morgan fingerprint density at radius 2 is 1.24 bits per heavy atom. The molecule has 211 valence electrons. The van der Waals surface area contributed by atoms with E-state index < -0.39 is 11.8 Å². The van der Waals surface area contributed by atoms with Crippen molar-refractivity contribution in [1.29, 1.82) is 0 Å². The minimum atomic E-state index is -1.12. The van der Waals surface area contributed by atoms with Crippen LogP contribution in [-0.2, 0) is 30.0 Å². The van der Waals surface area contributed by atoms with E-state index in [4.69, 9.17) is 35.0 Å². The molecule has 9 radical (unpaired) electrons. The summed E-state index contributed by atoms with van der Waals surface area (Å²) in [6, 6.07) is 9.33. The molecule has 37 heavy (non-hydrogen) atoms. The normalized spacial score (nSPS) is 11.4. The first kappa shape index (κ1) is 42.0. The van der Waals surface area contributed by atoms with Gasteiger partial charge in [0.25, 0.3) is 5.79 Å². The average molecular weight is 524 g/mol. The van der Waals surface area contributed by atoms with Crippen molar-refractivity contribution in [1.82, 2.24) is 0 Å². The van der Waals surface area contributed by atoms with Crippen LogP contribution in [0.1, 0.15) is 65.2 Å². The molecule has 1 unspecified atom stereocenters. The Hall–Kier alpha value is -2.13. The molecular weight excluding hydrogens is 476 g/mol. The number of rotatable bonds is 13. The van der Waals surface area contributed by atoms with Crippen molar-refractivity contribution >= 4 is 5.97 Å². The molecule has 0 aromatic heterocycles. The molecule has 1 aromatic carbocycles. The Labute approximate surface area is 226 Å². The molecule has 0 aliphatic rings. The number of unbranched alkanes of at least 4 members (excludes halogenated alkanes) is 6. The van der Waals surface area contributed by atoms with Crippen LogP contribution in [0.25, 0.3) is 0 Å². The van der Waals surface area contributed by atoms with Crippen molar-refractivity contribution in [3.63, 3.8) is 0 Å². The highest BCUT2D eigenvalue weighted by atomic mass is 16.7. The third kappa shape index (κ3) is 36.1. The smallest absolute Gasteiger partial charge is 0.334 e. The Morgan fingerprint density at radius 3 is 1.65 bits per heavy atom. The predicted molar refractivity (Wildman–Crippen MR) is 144 cm³/mol. The molecule has 0 amide bonds. The Kier molecular flexibility index (Phi) is 38.4. The summed E-state index contributed by atoms with van der Waals surface area (Å²) in [5.41, 5.74) is 0.115. The highest BCUT2D eigenvalue weighted by molar-refractivity contribution is 5.85. The average Bonchev–Trinajstić information content (AvgIpc) is 2.85. The van der Waals surface area contributed by atoms with Crippen molar-refractivity contribution < 1.29 is 39.8 Å². The lowest BCUT2D eigenvalue weighted by Gasteiger charge is -2.30. The fourth-order valence-corrected chi connectivity index (χ4v) is 2.43. The molecule has 1 N–H and O–H groups in total. The van der Waals surface area contributed by atoms with Gasteiger partial charge in [-0.15, -0.1) is 0 Å². The highest BCUT2D eigenvalue weighted by Gasteiger charge is 2.27. The van der Waals surface area contributed by atoms with E-state index in [-0.39, 0.29) is 32.0 Å². The quantitative estimate of drug-likeness (QED) is 0.132. The SMILES string of the molecule is [CH2]C(CCCCCCCCC)(OC=C(C)C(=O)O)Oc1ccccc1.[CH2]C[O].[CH2]C[O].[CH2]C[O].[CH2]C[O]. The Balaban J connectivity index is -0.000000383. The summed E-state index contributed by atoms with van der Waals surface area (Å²) in [7, 11) is 0. The molecule has 0 saturated heterocycles. The van der Waals surface area contributed by atoms with Gasteiger partial charge in [0, 0.05) is 13.3 Å². The van der Waals surface area contributed by atoms with Crippen LogP contribution >= 0.6 is 0 Å². The molecule has 1 rings (SSSR count). The lowest BCUT2D eigenvalue weighted by molar-refractivity contribution is -0.134. The second-order valence-corrected chi connectivity index (χ2v) is 7.24. The van der Waals surface area contributed by atoms with Gasteiger partial charge in [-0.1, -0.05) is 63.6 Å². The molecule has 1 aromatic rings. The fraction of sp³-hybridized carbons (Fsp3) is 0.517. The van der Waals surface area contributed by atoms with Gasteiger partial charge in [0.05, 0.1) is 38.3 Å². The molecular formula is C29H47O8. The maximum atomic E-state index is 11.0. The molecule has 0 heterocycles. The number of hydrogen-bond acceptors (Lipinski definition) is 3. The first-order valence-electron chi connectivity index (χ1n) is 12.3. The van der Waals surface area contributed by atoms with Crippen LogP contribution in [0.3, 0.4) is 0 Å². The lowest BCUT2D eigenvalue weighted by Crippen LogP contribution is -2.34. The molecule has 0 fully saturated rings. The van der Waals surface area contributed by atoms with Gasteiger partial charge in [0.15, 0.2) is 0 Å². The molecule has 0 bridgehead atoms. The van der Waals surface area contributed by atoms with Crippen LogP contribution in [0.4, 0.5) is 0 Å². The second-order valence-electron chi connectivity index (χ2n) is 7.24. The third-order valence-corrected chi connectivity index (χ3v) is 4.00. The fourth-order valence-electron chi connectivity index (χ4n) is 2.43. The molecule has 8 nitrogen and oxygen atoms in total. The van der Waals surface area contributed by atoms with Crippen LogP contribution in [-0.4, -0.2) is 43.3 Å². The largest absolute Gasteiger partial charge is 0.478 e. The minimum absolute atomic E-state index is 0.115. The number of carboxylic acids is 1. The summed E-state index contributed by atoms with van der Waals surface area (Å²) in [6.07, 6.45) is 10.1. The summed E-state index contributed by atoms with van der Waals surface area (Å²) >= 11 is 0. The Bertz CT molecular complexity index is 585. The lowest BCUT2D eigenvalue weighted by atomic mass is 10.1. The van der Waals surface area contributed by atoms with E-state index in [0.29, 0.717) is 12.2 Å². The van der Waals surface area contributed by atoms with Gasteiger partial charge in [-0.05, 0) is 53.2 Å². The maximum absolute atomic E-state index is 11.0. The zero-order valence-electron chi connectivity index (χ0n) is 22.8. The van der Waals surface area contributed by atoms with Gasteiger partial charge >= 0.3 is 5.97 Å². The highest BCUT2D eigenvalue weighted by Crippen LogP contribution is 2.25. The summed E-state index contributed by atoms with van der Waals surface area (Å²) in [5.74, 6) is -1.48. The van der Waals surface area contributed by atoms with Crippen molar-refractivity contribution in [2.45, 2.75) is 71.0 Å². The minimum Gasteiger partial charge on any atom is -0.478 e. The van der Waals surface area contributed by atoms with E-state index in [1.807, 2.05) is 30.3 Å². The first-order chi connectivity index (χ1) is 17.6. The number of hydrogen-bond donors (Lipinski definition) is 1. The molecule has 0 saturated carbocycles. The zero-order valence-corrected chi connectivity index (χ0v) is 22.8. The second kappa shape index (κ2) is 33.9. The number of carboxylic acid groups (broad SMARTS) is 1. The van der Waals surface area contributed by atoms with Gasteiger partial charge in [0.1, 0.15) is 5.75 Å². The molecule has 0 aliphatic heterocycles. The van der Waals surface area contributed by atoms with Crippen LogP contribution in [0.5, 0.6) is 5.75 Å². The maximum Gasteiger partial charge on any atom is 0.334 e. The van der Waals surface area contributed by atoms with E-state index in [9.17, 15) is 4.79 Å². The van der Waals surface area contributed by atoms with E-state index in [1.54, 1.807) is 0 Å². The van der Waals surface area contributed by atoms with Gasteiger partial charge in [0.2, 0.25) is 0 Å². The summed E-state index contributed by atoms with van der Waals surface area (Å²) < 4.78 is 11.5. The van der Waals surface area contributed by atoms with E-state index in [2.05, 4.69) is 41.5 Å². The van der Waals surface area contributed by atoms with E-state index in [1.165, 1.54) is 45.3 Å². The standard InChI is InChI=1S/C21H31O4.4C2H4O/c1-4-5-6-7-8-9-13-16-21(3,24-17-18(2)20(22)23)25-19-14-11-10-12-15-19;4*1-2-3/h10-12,14-15,17H,3-9,13,16H2,1-2H3,(H,22,23);4*1-2H2. The summed E-state index contributed by atoms with van der Waals surface area (Å²) in [5, 5.41) is 44.3. The first-order valence-corrected chi connectivity index (χ1v) is 12.3. The van der Waals surface area contributed by atoms with Crippen molar-refractivity contribution in [2.75, 3.05) is 26.4 Å². The van der Waals surface area contributed by atoms with Crippen LogP contribution in [0, 0.1) is 34.6 Å². The van der Waals surface area contributed by atoms with Crippen molar-refractivity contribution in [3.05, 3.63) is 76.8 Å². The van der Waals surface area contributed by atoms with Crippen LogP contribution in [0.15, 0.2) is 42.2 Å². The van der Waals surface area contributed by atoms with Crippen LogP contribution < -0.4 is 4.74 Å². The van der Waals surface area contributed by atoms with Gasteiger partial charge in [-0.3, -0.25) is 0 Å². The molecule has 8 heteroatoms. The van der Waals surface area contributed by atoms with E-state index in [0.717, 1.165) is 12.8 Å². The topological polar surface area (TPSA) is 135 Å². The number of para-hydroxylation sites is 1. The molecule has 1 atom stereocenters. The monoisotopic (exact) mass is 523 g/mol. The van der Waals surface area contributed by atoms with Gasteiger partial charge < -0.3 is 14.6 Å². The number of carbonyl (C=O) groups is 1. The number of aliphatic carboxylic acids is 1. The van der Waals surface area contributed by atoms with Gasteiger partial charge in [-0.25, -0.2) is 25.2 Å². The summed E-state index contributed by atoms with van der Waals surface area (Å²) in [4.78, 5) is 11.0. The van der Waals surface area contributed by atoms with Crippen molar-refractivity contribution in [3.8, 4) is 5.75 Å². The zero-order chi connectivity index (χ0) is 29.4. The molecule has 0 aliphatic carbocycles.